The molecule has 1 unspecified atom stereocenters. The number of hydrogen-bond donors (Lipinski definition) is 1. The molecule has 1 amide bonds. The van der Waals surface area contributed by atoms with Gasteiger partial charge in [0.05, 0.1) is 25.3 Å². The van der Waals surface area contributed by atoms with E-state index in [-0.39, 0.29) is 11.3 Å². The van der Waals surface area contributed by atoms with Gasteiger partial charge in [0.2, 0.25) is 0 Å². The molecule has 1 fully saturated rings. The highest BCUT2D eigenvalue weighted by Gasteiger charge is 2.46. The number of likely N-dealkylation sites (tertiary alicyclic amines) is 1. The van der Waals surface area contributed by atoms with E-state index in [0.29, 0.717) is 54.7 Å². The van der Waals surface area contributed by atoms with Crippen molar-refractivity contribution in [2.75, 3.05) is 40.9 Å². The maximum Gasteiger partial charge on any atom is 0.295 e. The molecule has 0 aliphatic carbocycles. The number of hydrogen-bond acceptors (Lipinski definition) is 7. The van der Waals surface area contributed by atoms with Gasteiger partial charge >= 0.3 is 0 Å². The maximum atomic E-state index is 13.4. The first-order chi connectivity index (χ1) is 20.2. The van der Waals surface area contributed by atoms with Gasteiger partial charge in [-0.05, 0) is 75.0 Å². The molecule has 1 heterocycles. The lowest BCUT2D eigenvalue weighted by atomic mass is 9.95. The average Bonchev–Trinajstić information content (AvgIpc) is 3.24. The zero-order valence-corrected chi connectivity index (χ0v) is 25.1. The Labute approximate surface area is 248 Å². The fourth-order valence-corrected chi connectivity index (χ4v) is 4.90. The quantitative estimate of drug-likeness (QED) is 0.121. The van der Waals surface area contributed by atoms with Crippen molar-refractivity contribution >= 4 is 17.4 Å². The van der Waals surface area contributed by atoms with Crippen LogP contribution in [0.15, 0.2) is 72.3 Å². The summed E-state index contributed by atoms with van der Waals surface area (Å²) in [6, 6.07) is 19.5. The molecular weight excluding hydrogens is 532 g/mol. The number of amides is 1. The number of nitrogens with zero attached hydrogens (tertiary/aromatic N) is 2. The van der Waals surface area contributed by atoms with Crippen LogP contribution in [-0.2, 0) is 16.2 Å². The second-order valence-corrected chi connectivity index (χ2v) is 10.7. The number of aryl methyl sites for hydroxylation is 1. The van der Waals surface area contributed by atoms with Gasteiger partial charge in [-0.15, -0.1) is 0 Å². The molecule has 42 heavy (non-hydrogen) atoms. The van der Waals surface area contributed by atoms with E-state index in [4.69, 9.17) is 14.2 Å². The van der Waals surface area contributed by atoms with Crippen molar-refractivity contribution in [1.29, 1.82) is 0 Å². The number of carbonyl (C=O) groups excluding carboxylic acids is 2. The molecule has 1 aliphatic heterocycles. The fraction of sp³-hybridized carbons (Fsp3) is 0.353. The zero-order valence-electron chi connectivity index (χ0n) is 25.1. The van der Waals surface area contributed by atoms with Gasteiger partial charge in [-0.2, -0.15) is 0 Å². The van der Waals surface area contributed by atoms with Crippen LogP contribution >= 0.6 is 0 Å². The third-order valence-electron chi connectivity index (χ3n) is 7.20. The van der Waals surface area contributed by atoms with Crippen molar-refractivity contribution < 1.29 is 28.9 Å². The van der Waals surface area contributed by atoms with Crippen molar-refractivity contribution in [3.05, 3.63) is 94.6 Å². The van der Waals surface area contributed by atoms with Gasteiger partial charge in [0, 0.05) is 18.7 Å². The highest BCUT2D eigenvalue weighted by molar-refractivity contribution is 6.46. The lowest BCUT2D eigenvalue weighted by Gasteiger charge is -2.27. The predicted molar refractivity (Wildman–Crippen MR) is 163 cm³/mol. The van der Waals surface area contributed by atoms with E-state index in [0.717, 1.165) is 24.0 Å². The van der Waals surface area contributed by atoms with Crippen LogP contribution < -0.4 is 14.2 Å². The molecule has 3 aromatic carbocycles. The number of aliphatic hydroxyl groups is 1. The lowest BCUT2D eigenvalue weighted by Crippen LogP contribution is -2.35. The normalized spacial score (nSPS) is 16.2. The Morgan fingerprint density at radius 3 is 2.40 bits per heavy atom. The number of carbonyl (C=O) groups is 2. The molecule has 1 atom stereocenters. The van der Waals surface area contributed by atoms with Gasteiger partial charge < -0.3 is 29.1 Å². The van der Waals surface area contributed by atoms with Gasteiger partial charge in [-0.3, -0.25) is 9.59 Å². The number of methoxy groups -OCH3 is 1. The van der Waals surface area contributed by atoms with Crippen molar-refractivity contribution in [1.82, 2.24) is 9.80 Å². The topological polar surface area (TPSA) is 88.5 Å². The maximum absolute atomic E-state index is 13.4. The smallest absolute Gasteiger partial charge is 0.295 e. The third kappa shape index (κ3) is 7.12. The summed E-state index contributed by atoms with van der Waals surface area (Å²) in [7, 11) is 5.36. The molecule has 1 N–H and O–H groups in total. The first-order valence-corrected chi connectivity index (χ1v) is 14.3. The summed E-state index contributed by atoms with van der Waals surface area (Å²) >= 11 is 0. The number of unbranched alkanes of at least 4 members (excludes halogenated alkanes) is 1. The van der Waals surface area contributed by atoms with Crippen LogP contribution in [0.1, 0.15) is 48.1 Å². The minimum atomic E-state index is -0.791. The summed E-state index contributed by atoms with van der Waals surface area (Å²) < 4.78 is 17.4. The number of benzene rings is 3. The van der Waals surface area contributed by atoms with Crippen LogP contribution in [0, 0.1) is 6.92 Å². The monoisotopic (exact) mass is 572 g/mol. The minimum absolute atomic E-state index is 0.0360. The van der Waals surface area contributed by atoms with Crippen molar-refractivity contribution in [3.63, 3.8) is 0 Å². The molecule has 0 radical (unpaired) electrons. The van der Waals surface area contributed by atoms with Crippen LogP contribution in [0.5, 0.6) is 17.2 Å². The van der Waals surface area contributed by atoms with Crippen molar-refractivity contribution in [2.45, 2.75) is 39.3 Å². The molecule has 4 rings (SSSR count). The van der Waals surface area contributed by atoms with Gasteiger partial charge in [-0.25, -0.2) is 0 Å². The van der Waals surface area contributed by atoms with E-state index >= 15 is 0 Å². The van der Waals surface area contributed by atoms with E-state index in [9.17, 15) is 14.7 Å². The lowest BCUT2D eigenvalue weighted by molar-refractivity contribution is -0.140. The standard InChI is InChI=1S/C34H40N2O6/c1-6-7-19-41-28-16-13-26(21-29(28)40-5)31-30(33(38)34(39)36(31)18-17-35(3)4)32(37)25-11-14-27(15-12-25)42-22-24-10-8-9-23(2)20-24/h8-16,20-21,31,37H,6-7,17-19,22H2,1-5H3. The number of rotatable bonds is 13. The summed E-state index contributed by atoms with van der Waals surface area (Å²) in [5, 5.41) is 11.5. The molecule has 0 bridgehead atoms. The first-order valence-electron chi connectivity index (χ1n) is 14.3. The molecule has 0 spiro atoms. The largest absolute Gasteiger partial charge is 0.507 e. The number of likely N-dealkylation sites (N-methyl/N-ethyl adjacent to an activating group) is 1. The van der Waals surface area contributed by atoms with Crippen LogP contribution in [0.25, 0.3) is 5.76 Å². The Hall–Kier alpha value is -4.30. The van der Waals surface area contributed by atoms with Gasteiger partial charge in [0.15, 0.2) is 11.5 Å². The van der Waals surface area contributed by atoms with E-state index in [1.54, 1.807) is 43.5 Å². The number of ether oxygens (including phenoxy) is 3. The van der Waals surface area contributed by atoms with Gasteiger partial charge in [0.1, 0.15) is 18.1 Å². The fourth-order valence-electron chi connectivity index (χ4n) is 4.90. The molecule has 1 saturated heterocycles. The van der Waals surface area contributed by atoms with Crippen molar-refractivity contribution in [2.24, 2.45) is 0 Å². The summed E-state index contributed by atoms with van der Waals surface area (Å²) in [5.74, 6) is 0.0951. The number of ketones is 1. The molecule has 3 aromatic rings. The SMILES string of the molecule is CCCCOc1ccc(C2C(=C(O)c3ccc(OCc4cccc(C)c4)cc3)C(=O)C(=O)N2CCN(C)C)cc1OC. The van der Waals surface area contributed by atoms with Crippen LogP contribution in [-0.4, -0.2) is 67.5 Å². The molecule has 0 saturated carbocycles. The molecule has 0 aromatic heterocycles. The Morgan fingerprint density at radius 2 is 1.74 bits per heavy atom. The Morgan fingerprint density at radius 1 is 0.976 bits per heavy atom. The van der Waals surface area contributed by atoms with Crippen LogP contribution in [0.4, 0.5) is 0 Å². The highest BCUT2D eigenvalue weighted by atomic mass is 16.5. The third-order valence-corrected chi connectivity index (χ3v) is 7.20. The second kappa shape index (κ2) is 14.0. The van der Waals surface area contributed by atoms with Gasteiger partial charge in [-0.1, -0.05) is 49.2 Å². The van der Waals surface area contributed by atoms with E-state index in [1.807, 2.05) is 50.2 Å². The van der Waals surface area contributed by atoms with E-state index in [2.05, 4.69) is 13.0 Å². The summed E-state index contributed by atoms with van der Waals surface area (Å²) in [6.45, 7) is 5.94. The van der Waals surface area contributed by atoms with Gasteiger partial charge in [0.25, 0.3) is 11.7 Å². The molecule has 1 aliphatic rings. The summed E-state index contributed by atoms with van der Waals surface area (Å²) in [4.78, 5) is 30.1. The first kappa shape index (κ1) is 30.7. The van der Waals surface area contributed by atoms with Crippen LogP contribution in [0.2, 0.25) is 0 Å². The predicted octanol–water partition coefficient (Wildman–Crippen LogP) is 5.74. The minimum Gasteiger partial charge on any atom is -0.507 e. The number of aliphatic hydroxyl groups excluding tert-OH is 1. The van der Waals surface area contributed by atoms with E-state index in [1.165, 1.54) is 4.90 Å². The summed E-state index contributed by atoms with van der Waals surface area (Å²) in [5.41, 5.74) is 3.31. The highest BCUT2D eigenvalue weighted by Crippen LogP contribution is 2.42. The Kier molecular flexibility index (Phi) is 10.3. The second-order valence-electron chi connectivity index (χ2n) is 10.7. The molecular formula is C34H40N2O6. The Balaban J connectivity index is 1.67. The summed E-state index contributed by atoms with van der Waals surface area (Å²) in [6.07, 6.45) is 1.91. The van der Waals surface area contributed by atoms with Crippen molar-refractivity contribution in [3.8, 4) is 17.2 Å². The van der Waals surface area contributed by atoms with Crippen LogP contribution in [0.3, 0.4) is 0 Å². The Bertz CT molecular complexity index is 1430. The molecule has 8 heteroatoms. The molecule has 222 valence electrons. The molecule has 8 nitrogen and oxygen atoms in total. The average molecular weight is 573 g/mol. The van der Waals surface area contributed by atoms with E-state index < -0.39 is 17.7 Å². The zero-order chi connectivity index (χ0) is 30.2. The number of Topliss-reactive ketones (excluding diaryl/α,β-unsaturated/α-hetero) is 1.